The predicted molar refractivity (Wildman–Crippen MR) is 120 cm³/mol. The fraction of sp³-hybridized carbons (Fsp3) is 0.750. The van der Waals surface area contributed by atoms with Crippen molar-refractivity contribution in [2.75, 3.05) is 33.4 Å². The van der Waals surface area contributed by atoms with Gasteiger partial charge in [-0.1, -0.05) is 41.6 Å². The number of hydrogen-bond donors (Lipinski definition) is 1. The second-order valence-corrected chi connectivity index (χ2v) is 9.84. The van der Waals surface area contributed by atoms with Crippen LogP contribution in [0.3, 0.4) is 0 Å². The third-order valence-electron chi connectivity index (χ3n) is 7.06. The van der Waals surface area contributed by atoms with E-state index in [-0.39, 0.29) is 0 Å². The second-order valence-electron chi connectivity index (χ2n) is 8.99. The van der Waals surface area contributed by atoms with E-state index in [1.807, 2.05) is 6.07 Å². The molecule has 1 N–H and O–H groups in total. The molecule has 1 aromatic carbocycles. The molecule has 1 heterocycles. The molecule has 1 aromatic rings. The zero-order chi connectivity index (χ0) is 19.8. The van der Waals surface area contributed by atoms with E-state index in [0.717, 1.165) is 36.3 Å². The number of methoxy groups -OCH3 is 1. The largest absolute Gasteiger partial charge is 0.497 e. The molecule has 1 aliphatic heterocycles. The highest BCUT2D eigenvalue weighted by molar-refractivity contribution is 9.10. The van der Waals surface area contributed by atoms with E-state index in [9.17, 15) is 0 Å². The topological polar surface area (TPSA) is 32.7 Å². The van der Waals surface area contributed by atoms with E-state index in [0.29, 0.717) is 6.61 Å². The molecule has 0 unspecified atom stereocenters. The lowest BCUT2D eigenvalue weighted by molar-refractivity contribution is 0.168. The molecule has 4 heteroatoms. The van der Waals surface area contributed by atoms with Gasteiger partial charge in [0.25, 0.3) is 0 Å². The maximum atomic E-state index is 9.09. The number of piperidine rings is 1. The minimum absolute atomic E-state index is 0.375. The summed E-state index contributed by atoms with van der Waals surface area (Å²) in [7, 11) is 1.74. The van der Waals surface area contributed by atoms with Crippen LogP contribution < -0.4 is 4.74 Å². The lowest BCUT2D eigenvalue weighted by Crippen LogP contribution is -2.35. The number of likely N-dealkylation sites (tertiary alicyclic amines) is 1. The number of aliphatic hydroxyl groups excluding tert-OH is 1. The van der Waals surface area contributed by atoms with Crippen LogP contribution in [0.4, 0.5) is 0 Å². The van der Waals surface area contributed by atoms with Gasteiger partial charge in [-0.2, -0.15) is 0 Å². The normalized spacial score (nSPS) is 24.4. The van der Waals surface area contributed by atoms with Crippen molar-refractivity contribution in [1.82, 2.24) is 4.90 Å². The number of hydrogen-bond acceptors (Lipinski definition) is 3. The van der Waals surface area contributed by atoms with E-state index in [2.05, 4.69) is 33.0 Å². The predicted octanol–water partition coefficient (Wildman–Crippen LogP) is 5.68. The summed E-state index contributed by atoms with van der Waals surface area (Å²) >= 11 is 3.70. The Morgan fingerprint density at radius 1 is 1.00 bits per heavy atom. The number of ether oxygens (including phenoxy) is 1. The van der Waals surface area contributed by atoms with Gasteiger partial charge in [-0.25, -0.2) is 0 Å². The third-order valence-corrected chi connectivity index (χ3v) is 7.83. The molecule has 1 aliphatic carbocycles. The molecule has 0 aromatic heterocycles. The summed E-state index contributed by atoms with van der Waals surface area (Å²) in [6, 6.07) is 6.32. The first kappa shape index (κ1) is 22.1. The molecule has 158 valence electrons. The quantitative estimate of drug-likeness (QED) is 0.523. The maximum Gasteiger partial charge on any atom is 0.119 e. The van der Waals surface area contributed by atoms with Crippen LogP contribution in [0.1, 0.15) is 63.4 Å². The summed E-state index contributed by atoms with van der Waals surface area (Å²) in [5.74, 6) is 3.49. The van der Waals surface area contributed by atoms with Gasteiger partial charge in [0.2, 0.25) is 0 Å². The van der Waals surface area contributed by atoms with Gasteiger partial charge in [0.05, 0.1) is 7.11 Å². The van der Waals surface area contributed by atoms with Gasteiger partial charge in [0.1, 0.15) is 5.75 Å². The standard InChI is InChI=1S/C24H38BrNO2/c1-28-23-8-9-24(25)22(18-23)17-21-10-14-26(15-11-21)13-2-3-19-4-6-20(7-5-19)12-16-27/h8-9,18-21,27H,2-7,10-17H2,1H3. The molecule has 3 rings (SSSR count). The van der Waals surface area contributed by atoms with Crippen LogP contribution in [0, 0.1) is 17.8 Å². The highest BCUT2D eigenvalue weighted by Gasteiger charge is 2.22. The third kappa shape index (κ3) is 6.74. The second kappa shape index (κ2) is 11.6. The molecule has 2 aliphatic rings. The zero-order valence-electron chi connectivity index (χ0n) is 17.5. The van der Waals surface area contributed by atoms with Gasteiger partial charge in [-0.05, 0) is 99.7 Å². The van der Waals surface area contributed by atoms with Crippen molar-refractivity contribution in [3.8, 4) is 5.75 Å². The smallest absolute Gasteiger partial charge is 0.119 e. The van der Waals surface area contributed by atoms with Crippen molar-refractivity contribution in [2.45, 2.75) is 64.2 Å². The summed E-state index contributed by atoms with van der Waals surface area (Å²) in [6.07, 6.45) is 13.0. The van der Waals surface area contributed by atoms with E-state index in [4.69, 9.17) is 9.84 Å². The molecule has 0 spiro atoms. The van der Waals surface area contributed by atoms with Crippen LogP contribution in [-0.2, 0) is 6.42 Å². The SMILES string of the molecule is COc1ccc(Br)c(CC2CCN(CCCC3CCC(CCO)CC3)CC2)c1. The molecule has 0 radical (unpaired) electrons. The summed E-state index contributed by atoms with van der Waals surface area (Å²) in [5, 5.41) is 9.09. The summed E-state index contributed by atoms with van der Waals surface area (Å²) in [5.41, 5.74) is 1.38. The van der Waals surface area contributed by atoms with E-state index < -0.39 is 0 Å². The summed E-state index contributed by atoms with van der Waals surface area (Å²) < 4.78 is 6.60. The number of halogens is 1. The van der Waals surface area contributed by atoms with Crippen LogP contribution in [0.15, 0.2) is 22.7 Å². The molecule has 0 amide bonds. The van der Waals surface area contributed by atoms with Crippen molar-refractivity contribution in [2.24, 2.45) is 17.8 Å². The number of nitrogens with zero attached hydrogens (tertiary/aromatic N) is 1. The van der Waals surface area contributed by atoms with Crippen LogP contribution >= 0.6 is 15.9 Å². The van der Waals surface area contributed by atoms with E-state index >= 15 is 0 Å². The van der Waals surface area contributed by atoms with Crippen molar-refractivity contribution in [3.63, 3.8) is 0 Å². The van der Waals surface area contributed by atoms with E-state index in [1.54, 1.807) is 7.11 Å². The van der Waals surface area contributed by atoms with Gasteiger partial charge in [0.15, 0.2) is 0 Å². The highest BCUT2D eigenvalue weighted by Crippen LogP contribution is 2.33. The fourth-order valence-electron chi connectivity index (χ4n) is 5.15. The Hall–Kier alpha value is -0.580. The minimum Gasteiger partial charge on any atom is -0.497 e. The lowest BCUT2D eigenvalue weighted by atomic mass is 9.79. The Kier molecular flexibility index (Phi) is 9.13. The Labute approximate surface area is 180 Å². The number of benzene rings is 1. The van der Waals surface area contributed by atoms with Gasteiger partial charge < -0.3 is 14.7 Å². The highest BCUT2D eigenvalue weighted by atomic mass is 79.9. The molecule has 28 heavy (non-hydrogen) atoms. The molecule has 1 saturated heterocycles. The average Bonchev–Trinajstić information content (AvgIpc) is 2.72. The number of aliphatic hydroxyl groups is 1. The van der Waals surface area contributed by atoms with Gasteiger partial charge in [0, 0.05) is 11.1 Å². The molecule has 1 saturated carbocycles. The van der Waals surface area contributed by atoms with Crippen molar-refractivity contribution < 1.29 is 9.84 Å². The monoisotopic (exact) mass is 451 g/mol. The minimum atomic E-state index is 0.375. The Morgan fingerprint density at radius 3 is 2.32 bits per heavy atom. The molecule has 0 bridgehead atoms. The molecule has 3 nitrogen and oxygen atoms in total. The first-order valence-electron chi connectivity index (χ1n) is 11.3. The molecular weight excluding hydrogens is 414 g/mol. The van der Waals surface area contributed by atoms with Gasteiger partial charge in [-0.15, -0.1) is 0 Å². The van der Waals surface area contributed by atoms with Crippen LogP contribution in [0.2, 0.25) is 0 Å². The van der Waals surface area contributed by atoms with Crippen LogP contribution in [0.25, 0.3) is 0 Å². The van der Waals surface area contributed by atoms with Gasteiger partial charge >= 0.3 is 0 Å². The Balaban J connectivity index is 1.32. The van der Waals surface area contributed by atoms with Crippen molar-refractivity contribution in [1.29, 1.82) is 0 Å². The number of rotatable bonds is 9. The average molecular weight is 452 g/mol. The van der Waals surface area contributed by atoms with E-state index in [1.165, 1.54) is 81.0 Å². The molecule has 0 atom stereocenters. The lowest BCUT2D eigenvalue weighted by Gasteiger charge is -2.33. The molecule has 2 fully saturated rings. The maximum absolute atomic E-state index is 9.09. The Bertz CT molecular complexity index is 578. The summed E-state index contributed by atoms with van der Waals surface area (Å²) in [6.45, 7) is 4.18. The van der Waals surface area contributed by atoms with Crippen molar-refractivity contribution in [3.05, 3.63) is 28.2 Å². The first-order valence-corrected chi connectivity index (χ1v) is 12.1. The van der Waals surface area contributed by atoms with Crippen LogP contribution in [-0.4, -0.2) is 43.4 Å². The van der Waals surface area contributed by atoms with Gasteiger partial charge in [-0.3, -0.25) is 0 Å². The molecular formula is C24H38BrNO2. The zero-order valence-corrected chi connectivity index (χ0v) is 19.1. The first-order chi connectivity index (χ1) is 13.7. The Morgan fingerprint density at radius 2 is 1.68 bits per heavy atom. The van der Waals surface area contributed by atoms with Crippen LogP contribution in [0.5, 0.6) is 5.75 Å². The fourth-order valence-corrected chi connectivity index (χ4v) is 5.56. The summed E-state index contributed by atoms with van der Waals surface area (Å²) in [4.78, 5) is 2.69. The van der Waals surface area contributed by atoms with Crippen molar-refractivity contribution >= 4 is 15.9 Å².